The monoisotopic (exact) mass is 304 g/mol. The third kappa shape index (κ3) is 2.71. The number of thiazole rings is 1. The third-order valence-corrected chi connectivity index (χ3v) is 4.83. The maximum absolute atomic E-state index is 12.1. The quantitative estimate of drug-likeness (QED) is 0.922. The van der Waals surface area contributed by atoms with Crippen LogP contribution in [0.5, 0.6) is 0 Å². The predicted molar refractivity (Wildman–Crippen MR) is 80.5 cm³/mol. The van der Waals surface area contributed by atoms with Crippen molar-refractivity contribution in [3.05, 3.63) is 18.5 Å². The molecule has 1 aliphatic heterocycles. The Morgan fingerprint density at radius 1 is 1.48 bits per heavy atom. The second kappa shape index (κ2) is 5.23. The van der Waals surface area contributed by atoms with Gasteiger partial charge in [0.15, 0.2) is 11.2 Å². The highest BCUT2D eigenvalue weighted by Gasteiger charge is 2.32. The van der Waals surface area contributed by atoms with Crippen LogP contribution in [0.1, 0.15) is 12.8 Å². The normalized spacial score (nSPS) is 22.5. The van der Waals surface area contributed by atoms with Crippen molar-refractivity contribution in [2.75, 3.05) is 24.6 Å². The van der Waals surface area contributed by atoms with E-state index in [9.17, 15) is 4.79 Å². The van der Waals surface area contributed by atoms with Crippen LogP contribution in [0.15, 0.2) is 18.5 Å². The molecule has 21 heavy (non-hydrogen) atoms. The van der Waals surface area contributed by atoms with Gasteiger partial charge in [0, 0.05) is 18.8 Å². The molecule has 2 aliphatic rings. The molecule has 4 rings (SSSR count). The molecular formula is C14H16N4O2S. The number of nitrogens with zero attached hydrogens (tertiary/aromatic N) is 3. The topological polar surface area (TPSA) is 67.4 Å². The van der Waals surface area contributed by atoms with Crippen LogP contribution in [0.2, 0.25) is 0 Å². The first-order valence-corrected chi connectivity index (χ1v) is 7.99. The number of fused-ring (bicyclic) bond motifs is 1. The van der Waals surface area contributed by atoms with Gasteiger partial charge >= 0.3 is 0 Å². The average molecular weight is 304 g/mol. The van der Waals surface area contributed by atoms with Gasteiger partial charge in [0.05, 0.1) is 24.0 Å². The van der Waals surface area contributed by atoms with Crippen molar-refractivity contribution in [2.45, 2.75) is 25.0 Å². The smallest absolute Gasteiger partial charge is 0.251 e. The van der Waals surface area contributed by atoms with Crippen LogP contribution in [0, 0.1) is 0 Å². The minimum atomic E-state index is -0.399. The van der Waals surface area contributed by atoms with Gasteiger partial charge in [0.1, 0.15) is 5.52 Å². The van der Waals surface area contributed by atoms with Crippen molar-refractivity contribution in [3.63, 3.8) is 0 Å². The van der Waals surface area contributed by atoms with Crippen LogP contribution >= 0.6 is 11.3 Å². The Bertz CT molecular complexity index is 637. The summed E-state index contributed by atoms with van der Waals surface area (Å²) in [5.41, 5.74) is 0.906. The van der Waals surface area contributed by atoms with Gasteiger partial charge in [0.25, 0.3) is 5.91 Å². The van der Waals surface area contributed by atoms with E-state index in [2.05, 4.69) is 20.2 Å². The van der Waals surface area contributed by atoms with Crippen molar-refractivity contribution < 1.29 is 9.53 Å². The Labute approximate surface area is 126 Å². The second-order valence-electron chi connectivity index (χ2n) is 5.43. The molecule has 0 aromatic carbocycles. The number of anilines is 1. The molecule has 0 spiro atoms. The minimum absolute atomic E-state index is 0.00461. The Morgan fingerprint density at radius 2 is 2.38 bits per heavy atom. The van der Waals surface area contributed by atoms with E-state index in [1.54, 1.807) is 23.7 Å². The summed E-state index contributed by atoms with van der Waals surface area (Å²) in [7, 11) is 0. The first-order valence-electron chi connectivity index (χ1n) is 7.17. The van der Waals surface area contributed by atoms with Crippen molar-refractivity contribution in [1.29, 1.82) is 0 Å². The van der Waals surface area contributed by atoms with E-state index in [1.807, 2.05) is 6.07 Å². The summed E-state index contributed by atoms with van der Waals surface area (Å²) in [6, 6.07) is 2.33. The summed E-state index contributed by atoms with van der Waals surface area (Å²) < 4.78 is 6.72. The maximum atomic E-state index is 12.1. The molecule has 1 saturated heterocycles. The molecular weight excluding hydrogens is 288 g/mol. The fourth-order valence-corrected chi connectivity index (χ4v) is 3.37. The lowest BCUT2D eigenvalue weighted by Gasteiger charge is -2.31. The Kier molecular flexibility index (Phi) is 3.23. The number of ether oxygens (including phenoxy) is 1. The van der Waals surface area contributed by atoms with Crippen LogP contribution in [-0.4, -0.2) is 47.7 Å². The summed E-state index contributed by atoms with van der Waals surface area (Å²) in [6.45, 7) is 1.88. The van der Waals surface area contributed by atoms with E-state index in [1.165, 1.54) is 0 Å². The lowest BCUT2D eigenvalue weighted by molar-refractivity contribution is -0.133. The van der Waals surface area contributed by atoms with E-state index >= 15 is 0 Å². The van der Waals surface area contributed by atoms with E-state index in [-0.39, 0.29) is 5.91 Å². The summed E-state index contributed by atoms with van der Waals surface area (Å²) in [6.07, 6.45) is 5.33. The van der Waals surface area contributed by atoms with E-state index in [0.29, 0.717) is 19.2 Å². The maximum Gasteiger partial charge on any atom is 0.251 e. The average Bonchev–Trinajstić information content (AvgIpc) is 3.22. The van der Waals surface area contributed by atoms with Gasteiger partial charge in [-0.1, -0.05) is 11.3 Å². The molecule has 6 nitrogen and oxygen atoms in total. The summed E-state index contributed by atoms with van der Waals surface area (Å²) in [4.78, 5) is 22.9. The Hall–Kier alpha value is -1.73. The molecule has 1 unspecified atom stereocenters. The number of rotatable bonds is 3. The standard InChI is InChI=1S/C14H16N4O2S/c19-13(16-9-1-2-9)11-8-18(5-6-20-11)14-17-10-7-15-4-3-12(10)21-14/h3-4,7,9,11H,1-2,5-6,8H2,(H,16,19). The molecule has 3 heterocycles. The predicted octanol–water partition coefficient (Wildman–Crippen LogP) is 1.18. The summed E-state index contributed by atoms with van der Waals surface area (Å²) in [5.74, 6) is 0.00461. The number of amides is 1. The van der Waals surface area contributed by atoms with E-state index < -0.39 is 6.10 Å². The fourth-order valence-electron chi connectivity index (χ4n) is 2.41. The Morgan fingerprint density at radius 3 is 3.19 bits per heavy atom. The molecule has 1 N–H and O–H groups in total. The van der Waals surface area contributed by atoms with Gasteiger partial charge in [0.2, 0.25) is 0 Å². The van der Waals surface area contributed by atoms with Crippen LogP contribution < -0.4 is 10.2 Å². The fraction of sp³-hybridized carbons (Fsp3) is 0.500. The minimum Gasteiger partial charge on any atom is -0.365 e. The van der Waals surface area contributed by atoms with Crippen molar-refractivity contribution in [3.8, 4) is 0 Å². The van der Waals surface area contributed by atoms with Crippen molar-refractivity contribution in [2.24, 2.45) is 0 Å². The molecule has 110 valence electrons. The molecule has 1 aliphatic carbocycles. The number of hydrogen-bond donors (Lipinski definition) is 1. The Balaban J connectivity index is 1.50. The molecule has 0 radical (unpaired) electrons. The third-order valence-electron chi connectivity index (χ3n) is 3.73. The number of carbonyl (C=O) groups excluding carboxylic acids is 1. The molecule has 0 bridgehead atoms. The van der Waals surface area contributed by atoms with Gasteiger partial charge in [-0.2, -0.15) is 0 Å². The number of carbonyl (C=O) groups is 1. The number of hydrogen-bond acceptors (Lipinski definition) is 6. The molecule has 1 saturated carbocycles. The molecule has 2 fully saturated rings. The molecule has 2 aromatic rings. The lowest BCUT2D eigenvalue weighted by atomic mass is 10.2. The zero-order chi connectivity index (χ0) is 14.2. The van der Waals surface area contributed by atoms with Gasteiger partial charge < -0.3 is 15.0 Å². The first-order chi connectivity index (χ1) is 10.3. The van der Waals surface area contributed by atoms with Gasteiger partial charge in [-0.25, -0.2) is 4.98 Å². The van der Waals surface area contributed by atoms with Gasteiger partial charge in [-0.3, -0.25) is 9.78 Å². The highest BCUT2D eigenvalue weighted by atomic mass is 32.1. The second-order valence-corrected chi connectivity index (χ2v) is 6.44. The summed E-state index contributed by atoms with van der Waals surface area (Å²) in [5, 5.41) is 3.94. The van der Waals surface area contributed by atoms with Crippen molar-refractivity contribution >= 4 is 32.6 Å². The largest absolute Gasteiger partial charge is 0.365 e. The lowest BCUT2D eigenvalue weighted by Crippen LogP contribution is -2.50. The highest BCUT2D eigenvalue weighted by molar-refractivity contribution is 7.22. The van der Waals surface area contributed by atoms with Crippen LogP contribution in [-0.2, 0) is 9.53 Å². The molecule has 2 aromatic heterocycles. The van der Waals surface area contributed by atoms with E-state index in [4.69, 9.17) is 4.74 Å². The van der Waals surface area contributed by atoms with E-state index in [0.717, 1.165) is 34.7 Å². The molecule has 1 atom stereocenters. The first kappa shape index (κ1) is 13.0. The van der Waals surface area contributed by atoms with Crippen LogP contribution in [0.25, 0.3) is 10.2 Å². The molecule has 7 heteroatoms. The molecule has 1 amide bonds. The van der Waals surface area contributed by atoms with Gasteiger partial charge in [-0.15, -0.1) is 0 Å². The van der Waals surface area contributed by atoms with Crippen LogP contribution in [0.4, 0.5) is 5.13 Å². The summed E-state index contributed by atoms with van der Waals surface area (Å²) >= 11 is 1.63. The van der Waals surface area contributed by atoms with Crippen LogP contribution in [0.3, 0.4) is 0 Å². The van der Waals surface area contributed by atoms with Crippen molar-refractivity contribution in [1.82, 2.24) is 15.3 Å². The zero-order valence-corrected chi connectivity index (χ0v) is 12.3. The zero-order valence-electron chi connectivity index (χ0n) is 11.5. The number of aromatic nitrogens is 2. The highest BCUT2D eigenvalue weighted by Crippen LogP contribution is 2.29. The number of pyridine rings is 1. The van der Waals surface area contributed by atoms with Gasteiger partial charge in [-0.05, 0) is 18.9 Å². The SMILES string of the molecule is O=C(NC1CC1)C1CN(c2nc3cnccc3s2)CCO1. The number of nitrogens with one attached hydrogen (secondary N) is 1. The number of morpholine rings is 1.